The zero-order chi connectivity index (χ0) is 12.4. The Labute approximate surface area is 111 Å². The van der Waals surface area contributed by atoms with Crippen LogP contribution in [-0.2, 0) is 4.74 Å². The van der Waals surface area contributed by atoms with Crippen LogP contribution in [0.25, 0.3) is 0 Å². The molecule has 94 valence electrons. The van der Waals surface area contributed by atoms with Crippen LogP contribution in [0.3, 0.4) is 0 Å². The Kier molecular flexibility index (Phi) is 4.10. The zero-order valence-corrected chi connectivity index (χ0v) is 12.2. The molecular weight excluding hydrogens is 280 g/mol. The van der Waals surface area contributed by atoms with Crippen molar-refractivity contribution in [2.75, 3.05) is 13.7 Å². The van der Waals surface area contributed by atoms with Crippen LogP contribution in [0.5, 0.6) is 5.75 Å². The number of aryl methyl sites for hydroxylation is 1. The highest BCUT2D eigenvalue weighted by atomic mass is 79.9. The Morgan fingerprint density at radius 2 is 2.24 bits per heavy atom. The van der Waals surface area contributed by atoms with E-state index in [0.29, 0.717) is 16.8 Å². The van der Waals surface area contributed by atoms with Gasteiger partial charge in [-0.25, -0.2) is 0 Å². The maximum absolute atomic E-state index is 5.64. The van der Waals surface area contributed by atoms with Gasteiger partial charge in [-0.3, -0.25) is 0 Å². The molecule has 1 saturated heterocycles. The molecule has 0 spiro atoms. The van der Waals surface area contributed by atoms with Gasteiger partial charge in [-0.1, -0.05) is 22.0 Å². The standard InChI is InChI=1S/C14H19BrO2/c1-9-8-11(16-3)4-5-12(9)14(15)13-6-7-17-10(13)2/h4-5,8,10,13-14H,6-7H2,1-3H3. The van der Waals surface area contributed by atoms with E-state index in [4.69, 9.17) is 9.47 Å². The predicted molar refractivity (Wildman–Crippen MR) is 72.9 cm³/mol. The van der Waals surface area contributed by atoms with Gasteiger partial charge in [0.15, 0.2) is 0 Å². The van der Waals surface area contributed by atoms with Crippen molar-refractivity contribution >= 4 is 15.9 Å². The average Bonchev–Trinajstić information content (AvgIpc) is 2.74. The fourth-order valence-electron chi connectivity index (χ4n) is 2.45. The second-order valence-corrected chi connectivity index (χ2v) is 5.64. The number of rotatable bonds is 3. The quantitative estimate of drug-likeness (QED) is 0.789. The van der Waals surface area contributed by atoms with E-state index in [1.54, 1.807) is 7.11 Å². The summed E-state index contributed by atoms with van der Waals surface area (Å²) in [4.78, 5) is 0.367. The third-order valence-corrected chi connectivity index (χ3v) is 4.76. The minimum Gasteiger partial charge on any atom is -0.497 e. The van der Waals surface area contributed by atoms with Gasteiger partial charge in [-0.15, -0.1) is 0 Å². The van der Waals surface area contributed by atoms with E-state index in [9.17, 15) is 0 Å². The maximum atomic E-state index is 5.64. The lowest BCUT2D eigenvalue weighted by molar-refractivity contribution is 0.105. The molecule has 0 radical (unpaired) electrons. The van der Waals surface area contributed by atoms with Crippen LogP contribution in [0.1, 0.15) is 29.3 Å². The summed E-state index contributed by atoms with van der Waals surface area (Å²) in [6.07, 6.45) is 1.46. The van der Waals surface area contributed by atoms with E-state index < -0.39 is 0 Å². The van der Waals surface area contributed by atoms with Crippen molar-refractivity contribution in [3.05, 3.63) is 29.3 Å². The molecule has 0 bridgehead atoms. The van der Waals surface area contributed by atoms with Crippen LogP contribution in [0.4, 0.5) is 0 Å². The second kappa shape index (κ2) is 5.40. The fourth-order valence-corrected chi connectivity index (χ4v) is 3.66. The summed E-state index contributed by atoms with van der Waals surface area (Å²) >= 11 is 3.83. The minimum absolute atomic E-state index is 0.334. The zero-order valence-electron chi connectivity index (χ0n) is 10.6. The molecule has 1 fully saturated rings. The first-order valence-electron chi connectivity index (χ1n) is 6.03. The monoisotopic (exact) mass is 298 g/mol. The summed E-state index contributed by atoms with van der Waals surface area (Å²) in [5.74, 6) is 1.48. The third-order valence-electron chi connectivity index (χ3n) is 3.58. The molecule has 0 N–H and O–H groups in total. The summed E-state index contributed by atoms with van der Waals surface area (Å²) < 4.78 is 10.9. The summed E-state index contributed by atoms with van der Waals surface area (Å²) in [6, 6.07) is 6.26. The second-order valence-electron chi connectivity index (χ2n) is 4.65. The summed E-state index contributed by atoms with van der Waals surface area (Å²) in [7, 11) is 1.70. The lowest BCUT2D eigenvalue weighted by Gasteiger charge is -2.22. The van der Waals surface area contributed by atoms with E-state index in [1.165, 1.54) is 11.1 Å². The Balaban J connectivity index is 2.21. The lowest BCUT2D eigenvalue weighted by Crippen LogP contribution is -2.16. The molecule has 1 aromatic carbocycles. The van der Waals surface area contributed by atoms with E-state index in [2.05, 4.69) is 41.9 Å². The molecule has 1 heterocycles. The van der Waals surface area contributed by atoms with Crippen LogP contribution in [0.2, 0.25) is 0 Å². The summed E-state index contributed by atoms with van der Waals surface area (Å²) in [6.45, 7) is 5.17. The molecule has 1 aliphatic heterocycles. The minimum atomic E-state index is 0.334. The van der Waals surface area contributed by atoms with Crippen LogP contribution < -0.4 is 4.74 Å². The number of hydrogen-bond donors (Lipinski definition) is 0. The SMILES string of the molecule is COc1ccc(C(Br)C2CCOC2C)c(C)c1. The van der Waals surface area contributed by atoms with Gasteiger partial charge in [-0.05, 0) is 43.5 Å². The summed E-state index contributed by atoms with van der Waals surface area (Å²) in [5.41, 5.74) is 2.61. The van der Waals surface area contributed by atoms with Crippen molar-refractivity contribution in [3.63, 3.8) is 0 Å². The molecule has 17 heavy (non-hydrogen) atoms. The van der Waals surface area contributed by atoms with Gasteiger partial charge >= 0.3 is 0 Å². The first kappa shape index (κ1) is 12.9. The highest BCUT2D eigenvalue weighted by molar-refractivity contribution is 9.09. The van der Waals surface area contributed by atoms with E-state index in [1.807, 2.05) is 6.07 Å². The molecule has 3 heteroatoms. The van der Waals surface area contributed by atoms with Gasteiger partial charge in [0.2, 0.25) is 0 Å². The molecule has 0 aromatic heterocycles. The molecule has 1 aromatic rings. The van der Waals surface area contributed by atoms with Crippen molar-refractivity contribution in [3.8, 4) is 5.75 Å². The molecule has 3 atom stereocenters. The Bertz CT molecular complexity index is 392. The highest BCUT2D eigenvalue weighted by Gasteiger charge is 2.31. The largest absolute Gasteiger partial charge is 0.497 e. The number of benzene rings is 1. The number of ether oxygens (including phenoxy) is 2. The molecule has 1 aliphatic rings. The van der Waals surface area contributed by atoms with Gasteiger partial charge in [0, 0.05) is 17.4 Å². The topological polar surface area (TPSA) is 18.5 Å². The van der Waals surface area contributed by atoms with Crippen molar-refractivity contribution in [2.45, 2.75) is 31.2 Å². The average molecular weight is 299 g/mol. The molecule has 2 nitrogen and oxygen atoms in total. The smallest absolute Gasteiger partial charge is 0.119 e. The summed E-state index contributed by atoms with van der Waals surface area (Å²) in [5, 5.41) is 0. The molecule has 0 amide bonds. The Hall–Kier alpha value is -0.540. The first-order chi connectivity index (χ1) is 8.13. The molecular formula is C14H19BrO2. The van der Waals surface area contributed by atoms with Crippen molar-refractivity contribution in [1.29, 1.82) is 0 Å². The van der Waals surface area contributed by atoms with Gasteiger partial charge in [0.1, 0.15) is 5.75 Å². The van der Waals surface area contributed by atoms with Crippen molar-refractivity contribution in [1.82, 2.24) is 0 Å². The van der Waals surface area contributed by atoms with Gasteiger partial charge in [0.05, 0.1) is 13.2 Å². The highest BCUT2D eigenvalue weighted by Crippen LogP contribution is 2.41. The molecule has 0 aliphatic carbocycles. The molecule has 0 saturated carbocycles. The predicted octanol–water partition coefficient (Wildman–Crippen LogP) is 3.86. The van der Waals surface area contributed by atoms with E-state index in [-0.39, 0.29) is 0 Å². The van der Waals surface area contributed by atoms with Gasteiger partial charge < -0.3 is 9.47 Å². The van der Waals surface area contributed by atoms with Crippen LogP contribution in [0, 0.1) is 12.8 Å². The van der Waals surface area contributed by atoms with Gasteiger partial charge in [0.25, 0.3) is 0 Å². The van der Waals surface area contributed by atoms with Crippen molar-refractivity contribution in [2.24, 2.45) is 5.92 Å². The van der Waals surface area contributed by atoms with E-state index >= 15 is 0 Å². The molecule has 2 rings (SSSR count). The number of methoxy groups -OCH3 is 1. The third kappa shape index (κ3) is 2.66. The lowest BCUT2D eigenvalue weighted by atomic mass is 9.91. The number of halogens is 1. The van der Waals surface area contributed by atoms with Crippen LogP contribution >= 0.6 is 15.9 Å². The normalized spacial score (nSPS) is 25.9. The number of hydrogen-bond acceptors (Lipinski definition) is 2. The van der Waals surface area contributed by atoms with Crippen molar-refractivity contribution < 1.29 is 9.47 Å². The number of alkyl halides is 1. The first-order valence-corrected chi connectivity index (χ1v) is 6.95. The van der Waals surface area contributed by atoms with E-state index in [0.717, 1.165) is 18.8 Å². The molecule has 3 unspecified atom stereocenters. The van der Waals surface area contributed by atoms with Crippen LogP contribution in [0.15, 0.2) is 18.2 Å². The Morgan fingerprint density at radius 1 is 1.47 bits per heavy atom. The maximum Gasteiger partial charge on any atom is 0.119 e. The van der Waals surface area contributed by atoms with Gasteiger partial charge in [-0.2, -0.15) is 0 Å². The Morgan fingerprint density at radius 3 is 2.76 bits per heavy atom. The van der Waals surface area contributed by atoms with Crippen LogP contribution in [-0.4, -0.2) is 19.8 Å². The fraction of sp³-hybridized carbons (Fsp3) is 0.571.